The van der Waals surface area contributed by atoms with Crippen molar-refractivity contribution in [1.29, 1.82) is 0 Å². The largest absolute Gasteiger partial charge is 0.372 e. The summed E-state index contributed by atoms with van der Waals surface area (Å²) in [6.07, 6.45) is 1.29. The van der Waals surface area contributed by atoms with Crippen LogP contribution in [0.15, 0.2) is 24.3 Å². The fourth-order valence-corrected chi connectivity index (χ4v) is 2.76. The summed E-state index contributed by atoms with van der Waals surface area (Å²) < 4.78 is 0. The monoisotopic (exact) mass is 232 g/mol. The zero-order chi connectivity index (χ0) is 12.3. The molecule has 17 heavy (non-hydrogen) atoms. The van der Waals surface area contributed by atoms with Gasteiger partial charge in [0.1, 0.15) is 0 Å². The van der Waals surface area contributed by atoms with E-state index in [1.54, 1.807) is 0 Å². The van der Waals surface area contributed by atoms with Gasteiger partial charge in [0, 0.05) is 24.8 Å². The van der Waals surface area contributed by atoms with E-state index in [4.69, 9.17) is 0 Å². The Morgan fingerprint density at radius 1 is 1.18 bits per heavy atom. The van der Waals surface area contributed by atoms with Gasteiger partial charge in [-0.05, 0) is 50.4 Å². The minimum atomic E-state index is 0.556. The summed E-state index contributed by atoms with van der Waals surface area (Å²) in [5, 5.41) is 3.59. The molecule has 2 rings (SSSR count). The highest BCUT2D eigenvalue weighted by atomic mass is 15.1. The Bertz CT molecular complexity index is 340. The molecule has 2 atom stereocenters. The van der Waals surface area contributed by atoms with Crippen LogP contribution in [0.4, 0.5) is 5.69 Å². The van der Waals surface area contributed by atoms with Crippen molar-refractivity contribution >= 4 is 5.69 Å². The normalized spacial score (nSPS) is 23.9. The second-order valence-corrected chi connectivity index (χ2v) is 4.96. The first-order chi connectivity index (χ1) is 8.26. The number of rotatable bonds is 4. The van der Waals surface area contributed by atoms with Crippen LogP contribution in [-0.4, -0.2) is 19.6 Å². The molecule has 1 aromatic rings. The van der Waals surface area contributed by atoms with Gasteiger partial charge in [0.2, 0.25) is 0 Å². The first kappa shape index (κ1) is 12.4. The van der Waals surface area contributed by atoms with Gasteiger partial charge in [-0.15, -0.1) is 0 Å². The van der Waals surface area contributed by atoms with Crippen LogP contribution in [0.5, 0.6) is 0 Å². The van der Waals surface area contributed by atoms with Crippen molar-refractivity contribution in [3.8, 4) is 0 Å². The smallest absolute Gasteiger partial charge is 0.0366 e. The molecule has 1 saturated heterocycles. The predicted octanol–water partition coefficient (Wildman–Crippen LogP) is 3.20. The van der Waals surface area contributed by atoms with E-state index in [0.29, 0.717) is 6.04 Å². The van der Waals surface area contributed by atoms with Crippen molar-refractivity contribution in [3.05, 3.63) is 29.8 Å². The molecule has 1 aliphatic rings. The van der Waals surface area contributed by atoms with E-state index < -0.39 is 0 Å². The predicted molar refractivity (Wildman–Crippen MR) is 74.5 cm³/mol. The molecule has 0 amide bonds. The maximum Gasteiger partial charge on any atom is 0.0366 e. The summed E-state index contributed by atoms with van der Waals surface area (Å²) in [6.45, 7) is 10.1. The molecule has 94 valence electrons. The number of hydrogen-bond donors (Lipinski definition) is 1. The van der Waals surface area contributed by atoms with E-state index in [9.17, 15) is 0 Å². The van der Waals surface area contributed by atoms with Crippen molar-refractivity contribution in [3.63, 3.8) is 0 Å². The Kier molecular flexibility index (Phi) is 4.06. The van der Waals surface area contributed by atoms with Gasteiger partial charge in [-0.3, -0.25) is 0 Å². The number of anilines is 1. The first-order valence-corrected chi connectivity index (χ1v) is 6.84. The molecular weight excluding hydrogens is 208 g/mol. The zero-order valence-electron chi connectivity index (χ0n) is 11.2. The lowest BCUT2D eigenvalue weighted by Gasteiger charge is -2.22. The Hall–Kier alpha value is -1.02. The average Bonchev–Trinajstić information content (AvgIpc) is 2.78. The van der Waals surface area contributed by atoms with E-state index in [0.717, 1.165) is 25.6 Å². The van der Waals surface area contributed by atoms with Crippen molar-refractivity contribution < 1.29 is 0 Å². The summed E-state index contributed by atoms with van der Waals surface area (Å²) in [6, 6.07) is 9.64. The fourth-order valence-electron chi connectivity index (χ4n) is 2.76. The molecular formula is C15H24N2. The molecule has 2 unspecified atom stereocenters. The summed E-state index contributed by atoms with van der Waals surface area (Å²) in [5.41, 5.74) is 2.77. The molecule has 1 fully saturated rings. The van der Waals surface area contributed by atoms with Crippen molar-refractivity contribution in [1.82, 2.24) is 5.32 Å². The van der Waals surface area contributed by atoms with Gasteiger partial charge in [0.05, 0.1) is 0 Å². The molecule has 1 aromatic carbocycles. The summed E-state index contributed by atoms with van der Waals surface area (Å²) in [5.74, 6) is 0.759. The SMILES string of the molecule is CCN(CC)c1ccc(C2NCCC2C)cc1. The Morgan fingerprint density at radius 3 is 2.29 bits per heavy atom. The number of hydrogen-bond acceptors (Lipinski definition) is 2. The highest BCUT2D eigenvalue weighted by molar-refractivity contribution is 5.48. The third kappa shape index (κ3) is 2.63. The maximum absolute atomic E-state index is 3.59. The van der Waals surface area contributed by atoms with Crippen LogP contribution in [0.1, 0.15) is 38.8 Å². The Balaban J connectivity index is 2.12. The van der Waals surface area contributed by atoms with Gasteiger partial charge in [-0.2, -0.15) is 0 Å². The number of benzene rings is 1. The minimum absolute atomic E-state index is 0.556. The zero-order valence-corrected chi connectivity index (χ0v) is 11.2. The molecule has 1 N–H and O–H groups in total. The molecule has 2 heteroatoms. The standard InChI is InChI=1S/C15H24N2/c1-4-17(5-2)14-8-6-13(7-9-14)15-12(3)10-11-16-15/h6-9,12,15-16H,4-5,10-11H2,1-3H3. The van der Waals surface area contributed by atoms with Gasteiger partial charge in [0.25, 0.3) is 0 Å². The van der Waals surface area contributed by atoms with Crippen LogP contribution >= 0.6 is 0 Å². The molecule has 0 spiro atoms. The van der Waals surface area contributed by atoms with Crippen molar-refractivity contribution in [2.45, 2.75) is 33.2 Å². The molecule has 0 bridgehead atoms. The first-order valence-electron chi connectivity index (χ1n) is 6.84. The van der Waals surface area contributed by atoms with E-state index in [1.807, 2.05) is 0 Å². The van der Waals surface area contributed by atoms with Crippen LogP contribution in [0.3, 0.4) is 0 Å². The topological polar surface area (TPSA) is 15.3 Å². The van der Waals surface area contributed by atoms with Crippen LogP contribution in [0.2, 0.25) is 0 Å². The Morgan fingerprint density at radius 2 is 1.82 bits per heavy atom. The molecule has 0 aliphatic carbocycles. The summed E-state index contributed by atoms with van der Waals surface area (Å²) in [4.78, 5) is 2.38. The van der Waals surface area contributed by atoms with E-state index >= 15 is 0 Å². The van der Waals surface area contributed by atoms with E-state index in [-0.39, 0.29) is 0 Å². The lowest BCUT2D eigenvalue weighted by Crippen LogP contribution is -2.22. The van der Waals surface area contributed by atoms with Crippen LogP contribution in [0.25, 0.3) is 0 Å². The number of nitrogens with one attached hydrogen (secondary N) is 1. The molecule has 1 heterocycles. The molecule has 0 radical (unpaired) electrons. The highest BCUT2D eigenvalue weighted by Crippen LogP contribution is 2.30. The fraction of sp³-hybridized carbons (Fsp3) is 0.600. The lowest BCUT2D eigenvalue weighted by molar-refractivity contribution is 0.504. The van der Waals surface area contributed by atoms with E-state index in [2.05, 4.69) is 55.3 Å². The third-order valence-electron chi connectivity index (χ3n) is 3.91. The van der Waals surface area contributed by atoms with Gasteiger partial charge in [0.15, 0.2) is 0 Å². The second-order valence-electron chi connectivity index (χ2n) is 4.96. The molecule has 1 aliphatic heterocycles. The third-order valence-corrected chi connectivity index (χ3v) is 3.91. The van der Waals surface area contributed by atoms with Crippen molar-refractivity contribution in [2.24, 2.45) is 5.92 Å². The molecule has 0 aromatic heterocycles. The second kappa shape index (κ2) is 5.54. The average molecular weight is 232 g/mol. The summed E-state index contributed by atoms with van der Waals surface area (Å²) in [7, 11) is 0. The summed E-state index contributed by atoms with van der Waals surface area (Å²) >= 11 is 0. The van der Waals surface area contributed by atoms with Gasteiger partial charge in [-0.25, -0.2) is 0 Å². The van der Waals surface area contributed by atoms with Gasteiger partial charge < -0.3 is 10.2 Å². The molecule has 2 nitrogen and oxygen atoms in total. The van der Waals surface area contributed by atoms with Crippen LogP contribution in [0, 0.1) is 5.92 Å². The Labute approximate surface area is 105 Å². The maximum atomic E-state index is 3.59. The number of nitrogens with zero attached hydrogens (tertiary/aromatic N) is 1. The lowest BCUT2D eigenvalue weighted by atomic mass is 9.96. The van der Waals surface area contributed by atoms with Crippen molar-refractivity contribution in [2.75, 3.05) is 24.5 Å². The van der Waals surface area contributed by atoms with Gasteiger partial charge in [-0.1, -0.05) is 19.1 Å². The van der Waals surface area contributed by atoms with Crippen LogP contribution in [-0.2, 0) is 0 Å². The quantitative estimate of drug-likeness (QED) is 0.857. The highest BCUT2D eigenvalue weighted by Gasteiger charge is 2.23. The molecule has 0 saturated carbocycles. The minimum Gasteiger partial charge on any atom is -0.372 e. The van der Waals surface area contributed by atoms with Crippen LogP contribution < -0.4 is 10.2 Å². The van der Waals surface area contributed by atoms with Gasteiger partial charge >= 0.3 is 0 Å². The van der Waals surface area contributed by atoms with E-state index in [1.165, 1.54) is 17.7 Å².